The predicted octanol–water partition coefficient (Wildman–Crippen LogP) is 22.3. The minimum absolute atomic E-state index is 0.0828. The lowest BCUT2D eigenvalue weighted by atomic mass is 10.0. The number of rotatable bonds is 59. The van der Waals surface area contributed by atoms with Crippen molar-refractivity contribution in [2.75, 3.05) is 13.2 Å². The van der Waals surface area contributed by atoms with Crippen LogP contribution in [-0.4, -0.2) is 37.2 Å². The normalized spacial score (nSPS) is 12.6. The van der Waals surface area contributed by atoms with E-state index in [-0.39, 0.29) is 31.1 Å². The largest absolute Gasteiger partial charge is 0.462 e. The van der Waals surface area contributed by atoms with Crippen molar-refractivity contribution in [3.8, 4) is 0 Å². The third kappa shape index (κ3) is 61.4. The maximum absolute atomic E-state index is 12.9. The number of hydrogen-bond donors (Lipinski definition) is 0. The van der Waals surface area contributed by atoms with Gasteiger partial charge in [0.25, 0.3) is 0 Å². The van der Waals surface area contributed by atoms with E-state index in [9.17, 15) is 14.4 Å². The van der Waals surface area contributed by atoms with E-state index in [4.69, 9.17) is 14.2 Å². The fourth-order valence-corrected chi connectivity index (χ4v) is 9.23. The molecule has 0 N–H and O–H groups in total. The first-order chi connectivity index (χ1) is 37.5. The summed E-state index contributed by atoms with van der Waals surface area (Å²) >= 11 is 0. The van der Waals surface area contributed by atoms with Crippen LogP contribution in [0.25, 0.3) is 0 Å². The molecule has 0 fully saturated rings. The highest BCUT2D eigenvalue weighted by Crippen LogP contribution is 2.16. The minimum Gasteiger partial charge on any atom is -0.462 e. The van der Waals surface area contributed by atoms with Crippen molar-refractivity contribution in [1.29, 1.82) is 0 Å². The Morgan fingerprint density at radius 1 is 0.276 bits per heavy atom. The van der Waals surface area contributed by atoms with Crippen molar-refractivity contribution in [3.05, 3.63) is 85.1 Å². The molecule has 1 atom stereocenters. The monoisotopic (exact) mass is 1060 g/mol. The molecule has 1 unspecified atom stereocenters. The van der Waals surface area contributed by atoms with Gasteiger partial charge in [0, 0.05) is 19.3 Å². The van der Waals surface area contributed by atoms with Crippen molar-refractivity contribution in [3.63, 3.8) is 0 Å². The maximum atomic E-state index is 12.9. The molecule has 0 aliphatic heterocycles. The number of ether oxygens (including phenoxy) is 3. The Hall–Kier alpha value is -3.41. The van der Waals surface area contributed by atoms with Crippen molar-refractivity contribution in [2.24, 2.45) is 0 Å². The molecule has 0 aliphatic rings. The lowest BCUT2D eigenvalue weighted by Gasteiger charge is -2.18. The third-order valence-corrected chi connectivity index (χ3v) is 14.1. The summed E-state index contributed by atoms with van der Waals surface area (Å²) in [5, 5.41) is 0. The molecule has 0 heterocycles. The van der Waals surface area contributed by atoms with Gasteiger partial charge >= 0.3 is 17.9 Å². The standard InChI is InChI=1S/C70H122O6/c1-4-7-10-13-16-19-22-25-28-31-33-34-35-36-38-39-42-45-48-51-54-57-60-63-69(72)75-66-67(65-74-68(71)62-59-56-53-50-47-44-41-30-27-24-21-18-15-12-9-6-3)76-70(73)64-61-58-55-52-49-46-43-40-37-32-29-26-23-20-17-14-11-8-5-2/h7,10,16,19,21,24-26,28-30,33-34,41,67H,4-6,8-9,11-15,17-18,20,22-23,27,31-32,35-40,42-66H2,1-3H3/b10-7-,19-16-,24-21-,28-25-,29-26-,34-33-,41-30-. The van der Waals surface area contributed by atoms with Gasteiger partial charge in [0.05, 0.1) is 0 Å². The van der Waals surface area contributed by atoms with Gasteiger partial charge in [-0.2, -0.15) is 0 Å². The van der Waals surface area contributed by atoms with Gasteiger partial charge in [-0.25, -0.2) is 0 Å². The molecule has 0 saturated carbocycles. The topological polar surface area (TPSA) is 78.9 Å². The van der Waals surface area contributed by atoms with E-state index in [1.165, 1.54) is 180 Å². The highest BCUT2D eigenvalue weighted by Gasteiger charge is 2.19. The summed E-state index contributed by atoms with van der Waals surface area (Å²) in [5.74, 6) is -0.889. The average Bonchev–Trinajstić information content (AvgIpc) is 3.42. The second-order valence-electron chi connectivity index (χ2n) is 21.6. The number of carbonyl (C=O) groups excluding carboxylic acids is 3. The number of hydrogen-bond acceptors (Lipinski definition) is 6. The van der Waals surface area contributed by atoms with Gasteiger partial charge in [-0.3, -0.25) is 14.4 Å². The second kappa shape index (κ2) is 64.1. The smallest absolute Gasteiger partial charge is 0.306 e. The number of esters is 3. The second-order valence-corrected chi connectivity index (χ2v) is 21.6. The first kappa shape index (κ1) is 72.6. The van der Waals surface area contributed by atoms with E-state index < -0.39 is 6.10 Å². The molecule has 0 aliphatic carbocycles. The van der Waals surface area contributed by atoms with Gasteiger partial charge in [-0.1, -0.05) is 273 Å². The zero-order chi connectivity index (χ0) is 55.0. The molecule has 0 radical (unpaired) electrons. The number of allylic oxidation sites excluding steroid dienone is 14. The van der Waals surface area contributed by atoms with Crippen molar-refractivity contribution < 1.29 is 28.6 Å². The van der Waals surface area contributed by atoms with Crippen LogP contribution in [0, 0.1) is 0 Å². The molecule has 76 heavy (non-hydrogen) atoms. The first-order valence-corrected chi connectivity index (χ1v) is 32.6. The molecule has 0 aromatic carbocycles. The third-order valence-electron chi connectivity index (χ3n) is 14.1. The van der Waals surface area contributed by atoms with Crippen LogP contribution in [-0.2, 0) is 28.6 Å². The summed E-state index contributed by atoms with van der Waals surface area (Å²) in [6.07, 6.45) is 84.4. The van der Waals surface area contributed by atoms with Crippen molar-refractivity contribution >= 4 is 17.9 Å². The summed E-state index contributed by atoms with van der Waals surface area (Å²) in [6.45, 7) is 6.53. The Kier molecular flexibility index (Phi) is 61.2. The molecule has 0 spiro atoms. The van der Waals surface area contributed by atoms with Gasteiger partial charge in [-0.05, 0) is 116 Å². The van der Waals surface area contributed by atoms with Gasteiger partial charge in [0.2, 0.25) is 0 Å². The molecule has 0 rings (SSSR count). The first-order valence-electron chi connectivity index (χ1n) is 32.6. The molecule has 0 amide bonds. The Morgan fingerprint density at radius 3 is 0.829 bits per heavy atom. The predicted molar refractivity (Wildman–Crippen MR) is 330 cm³/mol. The molecule has 6 heteroatoms. The van der Waals surface area contributed by atoms with Crippen LogP contribution in [0.4, 0.5) is 0 Å². The molecular formula is C70H122O6. The van der Waals surface area contributed by atoms with Crippen LogP contribution in [0.2, 0.25) is 0 Å². The quantitative estimate of drug-likeness (QED) is 0.0261. The highest BCUT2D eigenvalue weighted by atomic mass is 16.6. The maximum Gasteiger partial charge on any atom is 0.306 e. The zero-order valence-electron chi connectivity index (χ0n) is 50.3. The van der Waals surface area contributed by atoms with E-state index in [0.717, 1.165) is 103 Å². The number of carbonyl (C=O) groups is 3. The van der Waals surface area contributed by atoms with E-state index >= 15 is 0 Å². The molecule has 0 bridgehead atoms. The summed E-state index contributed by atoms with van der Waals surface area (Å²) < 4.78 is 16.9. The molecule has 0 aromatic heterocycles. The average molecular weight is 1060 g/mol. The Morgan fingerprint density at radius 2 is 0.513 bits per heavy atom. The Labute approximate surface area is 471 Å². The molecule has 438 valence electrons. The fraction of sp³-hybridized carbons (Fsp3) is 0.757. The lowest BCUT2D eigenvalue weighted by Crippen LogP contribution is -2.30. The van der Waals surface area contributed by atoms with Gasteiger partial charge in [0.15, 0.2) is 6.10 Å². The fourth-order valence-electron chi connectivity index (χ4n) is 9.23. The van der Waals surface area contributed by atoms with Crippen LogP contribution in [0.3, 0.4) is 0 Å². The van der Waals surface area contributed by atoms with E-state index in [1.54, 1.807) is 0 Å². The minimum atomic E-state index is -0.787. The van der Waals surface area contributed by atoms with Gasteiger partial charge in [0.1, 0.15) is 13.2 Å². The van der Waals surface area contributed by atoms with Crippen LogP contribution < -0.4 is 0 Å². The van der Waals surface area contributed by atoms with E-state index in [1.807, 2.05) is 0 Å². The summed E-state index contributed by atoms with van der Waals surface area (Å²) in [5.41, 5.74) is 0. The molecular weight excluding hydrogens is 937 g/mol. The van der Waals surface area contributed by atoms with Gasteiger partial charge < -0.3 is 14.2 Å². The van der Waals surface area contributed by atoms with Crippen LogP contribution >= 0.6 is 0 Å². The van der Waals surface area contributed by atoms with Crippen LogP contribution in [0.5, 0.6) is 0 Å². The summed E-state index contributed by atoms with van der Waals surface area (Å²) in [7, 11) is 0. The molecule has 0 aromatic rings. The Balaban J connectivity index is 4.37. The van der Waals surface area contributed by atoms with Gasteiger partial charge in [-0.15, -0.1) is 0 Å². The summed E-state index contributed by atoms with van der Waals surface area (Å²) in [6, 6.07) is 0. The van der Waals surface area contributed by atoms with Crippen molar-refractivity contribution in [1.82, 2.24) is 0 Å². The SMILES string of the molecule is CC/C=C\C/C=C\C/C=C\C/C=C\CCCCCCCCCCCCC(=O)OCC(COC(=O)CCCCCCC/C=C\C/C=C\CCCCCC)OC(=O)CCCCCCCCCCC/C=C\CCCCCCCC. The lowest BCUT2D eigenvalue weighted by molar-refractivity contribution is -0.167. The number of unbranched alkanes of at least 4 members (excludes halogenated alkanes) is 34. The van der Waals surface area contributed by atoms with Crippen LogP contribution in [0.1, 0.15) is 323 Å². The molecule has 6 nitrogen and oxygen atoms in total. The van der Waals surface area contributed by atoms with E-state index in [2.05, 4.69) is 106 Å². The summed E-state index contributed by atoms with van der Waals surface area (Å²) in [4.78, 5) is 38.4. The molecule has 0 saturated heterocycles. The van der Waals surface area contributed by atoms with Crippen LogP contribution in [0.15, 0.2) is 85.1 Å². The van der Waals surface area contributed by atoms with E-state index in [0.29, 0.717) is 19.3 Å². The Bertz CT molecular complexity index is 1450. The zero-order valence-corrected chi connectivity index (χ0v) is 50.3. The highest BCUT2D eigenvalue weighted by molar-refractivity contribution is 5.71. The van der Waals surface area contributed by atoms with Crippen molar-refractivity contribution in [2.45, 2.75) is 329 Å².